The molecule has 1 rings (SSSR count). The SMILES string of the molecule is CC[C@@H]1CC[C@H](C)NC1=O. The molecule has 0 aromatic carbocycles. The summed E-state index contributed by atoms with van der Waals surface area (Å²) in [5, 5.41) is 2.94. The van der Waals surface area contributed by atoms with E-state index in [1.165, 1.54) is 0 Å². The highest BCUT2D eigenvalue weighted by atomic mass is 16.2. The van der Waals surface area contributed by atoms with Crippen LogP contribution < -0.4 is 5.32 Å². The summed E-state index contributed by atoms with van der Waals surface area (Å²) in [6, 6.07) is 0.398. The van der Waals surface area contributed by atoms with Gasteiger partial charge in [0, 0.05) is 12.0 Å². The van der Waals surface area contributed by atoms with Crippen molar-refractivity contribution in [2.75, 3.05) is 0 Å². The molecule has 2 nitrogen and oxygen atoms in total. The molecular weight excluding hydrogens is 126 g/mol. The van der Waals surface area contributed by atoms with Crippen molar-refractivity contribution in [2.24, 2.45) is 5.92 Å². The Balaban J connectivity index is 2.43. The molecule has 0 bridgehead atoms. The summed E-state index contributed by atoms with van der Waals surface area (Å²) < 4.78 is 0. The summed E-state index contributed by atoms with van der Waals surface area (Å²) in [5.74, 6) is 0.539. The number of hydrogen-bond acceptors (Lipinski definition) is 1. The fourth-order valence-corrected chi connectivity index (χ4v) is 1.40. The first kappa shape index (κ1) is 7.58. The third-order valence-corrected chi connectivity index (χ3v) is 2.20. The van der Waals surface area contributed by atoms with E-state index in [9.17, 15) is 4.79 Å². The van der Waals surface area contributed by atoms with Gasteiger partial charge in [0.25, 0.3) is 0 Å². The van der Waals surface area contributed by atoms with Gasteiger partial charge in [0.2, 0.25) is 5.91 Å². The predicted octanol–water partition coefficient (Wildman–Crippen LogP) is 1.31. The number of carbonyl (C=O) groups excluding carboxylic acids is 1. The van der Waals surface area contributed by atoms with E-state index in [1.807, 2.05) is 0 Å². The molecule has 0 radical (unpaired) electrons. The maximum absolute atomic E-state index is 11.1. The quantitative estimate of drug-likeness (QED) is 0.586. The molecule has 0 aromatic heterocycles. The standard InChI is InChI=1S/C8H15NO/c1-3-7-5-4-6(2)9-8(7)10/h6-7H,3-5H2,1-2H3,(H,9,10)/t6-,7+/m0/s1. The minimum absolute atomic E-state index is 0.251. The molecule has 10 heavy (non-hydrogen) atoms. The van der Waals surface area contributed by atoms with Gasteiger partial charge in [-0.15, -0.1) is 0 Å². The topological polar surface area (TPSA) is 29.1 Å². The Morgan fingerprint density at radius 2 is 2.30 bits per heavy atom. The molecule has 1 N–H and O–H groups in total. The number of piperidine rings is 1. The van der Waals surface area contributed by atoms with Crippen molar-refractivity contribution >= 4 is 5.91 Å². The fourth-order valence-electron chi connectivity index (χ4n) is 1.40. The lowest BCUT2D eigenvalue weighted by molar-refractivity contribution is -0.127. The summed E-state index contributed by atoms with van der Waals surface area (Å²) in [4.78, 5) is 11.1. The zero-order valence-electron chi connectivity index (χ0n) is 6.68. The monoisotopic (exact) mass is 141 g/mol. The highest BCUT2D eigenvalue weighted by molar-refractivity contribution is 5.79. The van der Waals surface area contributed by atoms with E-state index in [0.29, 0.717) is 6.04 Å². The van der Waals surface area contributed by atoms with Crippen molar-refractivity contribution in [1.82, 2.24) is 5.32 Å². The van der Waals surface area contributed by atoms with Crippen LogP contribution in [0.4, 0.5) is 0 Å². The summed E-state index contributed by atoms with van der Waals surface area (Å²) in [7, 11) is 0. The van der Waals surface area contributed by atoms with E-state index in [-0.39, 0.29) is 11.8 Å². The van der Waals surface area contributed by atoms with Gasteiger partial charge in [-0.3, -0.25) is 4.79 Å². The van der Waals surface area contributed by atoms with Gasteiger partial charge in [0.05, 0.1) is 0 Å². The van der Waals surface area contributed by atoms with Crippen molar-refractivity contribution in [1.29, 1.82) is 0 Å². The third-order valence-electron chi connectivity index (χ3n) is 2.20. The summed E-state index contributed by atoms with van der Waals surface area (Å²) >= 11 is 0. The van der Waals surface area contributed by atoms with E-state index < -0.39 is 0 Å². The van der Waals surface area contributed by atoms with Gasteiger partial charge in [-0.25, -0.2) is 0 Å². The van der Waals surface area contributed by atoms with E-state index in [1.54, 1.807) is 0 Å². The van der Waals surface area contributed by atoms with E-state index >= 15 is 0 Å². The first-order chi connectivity index (χ1) is 4.74. The molecule has 2 atom stereocenters. The number of nitrogens with one attached hydrogen (secondary N) is 1. The van der Waals surface area contributed by atoms with Crippen LogP contribution in [0.15, 0.2) is 0 Å². The number of amides is 1. The van der Waals surface area contributed by atoms with Crippen molar-refractivity contribution in [3.63, 3.8) is 0 Å². The van der Waals surface area contributed by atoms with Crippen molar-refractivity contribution < 1.29 is 4.79 Å². The van der Waals surface area contributed by atoms with Crippen LogP contribution in [0.25, 0.3) is 0 Å². The van der Waals surface area contributed by atoms with E-state index in [2.05, 4.69) is 19.2 Å². The van der Waals surface area contributed by atoms with Gasteiger partial charge in [-0.05, 0) is 26.2 Å². The second-order valence-electron chi connectivity index (χ2n) is 3.09. The van der Waals surface area contributed by atoms with Crippen LogP contribution in [0.3, 0.4) is 0 Å². The van der Waals surface area contributed by atoms with E-state index in [4.69, 9.17) is 0 Å². The minimum Gasteiger partial charge on any atom is -0.353 e. The van der Waals surface area contributed by atoms with Gasteiger partial charge >= 0.3 is 0 Å². The molecule has 2 heteroatoms. The fraction of sp³-hybridized carbons (Fsp3) is 0.875. The molecule has 1 amide bonds. The van der Waals surface area contributed by atoms with Crippen LogP contribution in [0, 0.1) is 5.92 Å². The van der Waals surface area contributed by atoms with Crippen LogP contribution >= 0.6 is 0 Å². The first-order valence-corrected chi connectivity index (χ1v) is 4.04. The minimum atomic E-state index is 0.251. The zero-order chi connectivity index (χ0) is 7.56. The summed E-state index contributed by atoms with van der Waals surface area (Å²) in [5.41, 5.74) is 0. The van der Waals surface area contributed by atoms with Gasteiger partial charge in [-0.2, -0.15) is 0 Å². The zero-order valence-corrected chi connectivity index (χ0v) is 6.68. The third kappa shape index (κ3) is 1.49. The Labute approximate surface area is 62.0 Å². The number of hydrogen-bond donors (Lipinski definition) is 1. The Morgan fingerprint density at radius 3 is 2.80 bits per heavy atom. The molecule has 1 heterocycles. The van der Waals surface area contributed by atoms with Gasteiger partial charge in [0.15, 0.2) is 0 Å². The molecule has 0 saturated carbocycles. The second-order valence-corrected chi connectivity index (χ2v) is 3.09. The number of carbonyl (C=O) groups is 1. The lowest BCUT2D eigenvalue weighted by Gasteiger charge is -2.25. The van der Waals surface area contributed by atoms with Crippen LogP contribution in [-0.2, 0) is 4.79 Å². The predicted molar refractivity (Wildman–Crippen MR) is 40.6 cm³/mol. The van der Waals surface area contributed by atoms with Gasteiger partial charge in [-0.1, -0.05) is 6.92 Å². The summed E-state index contributed by atoms with van der Waals surface area (Å²) in [6.45, 7) is 4.13. The molecular formula is C8H15NO. The van der Waals surface area contributed by atoms with Crippen LogP contribution in [0.1, 0.15) is 33.1 Å². The molecule has 1 aliphatic rings. The molecule has 58 valence electrons. The average molecular weight is 141 g/mol. The van der Waals surface area contributed by atoms with Crippen molar-refractivity contribution in [2.45, 2.75) is 39.2 Å². The largest absolute Gasteiger partial charge is 0.353 e. The highest BCUT2D eigenvalue weighted by Crippen LogP contribution is 2.17. The van der Waals surface area contributed by atoms with E-state index in [0.717, 1.165) is 19.3 Å². The highest BCUT2D eigenvalue weighted by Gasteiger charge is 2.23. The maximum Gasteiger partial charge on any atom is 0.223 e. The molecule has 0 aromatic rings. The first-order valence-electron chi connectivity index (χ1n) is 4.04. The van der Waals surface area contributed by atoms with Crippen molar-refractivity contribution in [3.05, 3.63) is 0 Å². The molecule has 1 aliphatic heterocycles. The number of rotatable bonds is 1. The maximum atomic E-state index is 11.1. The molecule has 1 fully saturated rings. The Bertz CT molecular complexity index is 133. The summed E-state index contributed by atoms with van der Waals surface area (Å²) in [6.07, 6.45) is 3.20. The lowest BCUT2D eigenvalue weighted by Crippen LogP contribution is -2.42. The van der Waals surface area contributed by atoms with Crippen molar-refractivity contribution in [3.8, 4) is 0 Å². The molecule has 0 aliphatic carbocycles. The Hall–Kier alpha value is -0.530. The van der Waals surface area contributed by atoms with Crippen LogP contribution in [0.2, 0.25) is 0 Å². The molecule has 0 spiro atoms. The van der Waals surface area contributed by atoms with Crippen LogP contribution in [0.5, 0.6) is 0 Å². The Morgan fingerprint density at radius 1 is 1.60 bits per heavy atom. The van der Waals surface area contributed by atoms with Crippen LogP contribution in [-0.4, -0.2) is 11.9 Å². The van der Waals surface area contributed by atoms with Gasteiger partial charge in [0.1, 0.15) is 0 Å². The normalized spacial score (nSPS) is 33.6. The van der Waals surface area contributed by atoms with Gasteiger partial charge < -0.3 is 5.32 Å². The smallest absolute Gasteiger partial charge is 0.223 e. The Kier molecular flexibility index (Phi) is 2.30. The molecule has 1 saturated heterocycles. The average Bonchev–Trinajstić information content (AvgIpc) is 1.88. The lowest BCUT2D eigenvalue weighted by atomic mass is 9.93. The second kappa shape index (κ2) is 3.04. The molecule has 0 unspecified atom stereocenters.